The molecule has 0 unspecified atom stereocenters. The predicted molar refractivity (Wildman–Crippen MR) is 124 cm³/mol. The van der Waals surface area contributed by atoms with Crippen LogP contribution in [0.5, 0.6) is 5.75 Å². The molecule has 0 radical (unpaired) electrons. The van der Waals surface area contributed by atoms with Crippen molar-refractivity contribution in [2.75, 3.05) is 5.32 Å². The van der Waals surface area contributed by atoms with Crippen LogP contribution in [0.1, 0.15) is 16.7 Å². The van der Waals surface area contributed by atoms with E-state index in [2.05, 4.69) is 9.71 Å². The van der Waals surface area contributed by atoms with Crippen molar-refractivity contribution in [3.05, 3.63) is 99.6 Å². The van der Waals surface area contributed by atoms with Crippen LogP contribution in [0.2, 0.25) is 0 Å². The highest BCUT2D eigenvalue weighted by Crippen LogP contribution is 2.32. The van der Waals surface area contributed by atoms with Crippen LogP contribution < -0.4 is 10.9 Å². The molecule has 2 heterocycles. The van der Waals surface area contributed by atoms with E-state index in [1.807, 2.05) is 0 Å². The van der Waals surface area contributed by atoms with Crippen LogP contribution in [0.3, 0.4) is 0 Å². The summed E-state index contributed by atoms with van der Waals surface area (Å²) < 4.78 is 44.5. The number of hydrogen-bond donors (Lipinski definition) is 2. The molecule has 33 heavy (non-hydrogen) atoms. The maximum absolute atomic E-state index is 13.9. The molecule has 0 saturated carbocycles. The Bertz CT molecular complexity index is 1640. The third-order valence-corrected chi connectivity index (χ3v) is 6.99. The number of sulfonamides is 1. The molecule has 0 bridgehead atoms. The number of hydrogen-bond acceptors (Lipinski definition) is 5. The Hall–Kier alpha value is -3.98. The minimum atomic E-state index is -4.09. The second kappa shape index (κ2) is 7.56. The Kier molecular flexibility index (Phi) is 4.79. The lowest BCUT2D eigenvalue weighted by atomic mass is 10.1. The first-order valence-electron chi connectivity index (χ1n) is 10.1. The number of rotatable bonds is 3. The van der Waals surface area contributed by atoms with Gasteiger partial charge in [0.1, 0.15) is 22.0 Å². The van der Waals surface area contributed by atoms with Crippen molar-refractivity contribution in [1.29, 1.82) is 0 Å². The fourth-order valence-electron chi connectivity index (χ4n) is 3.96. The zero-order valence-electron chi connectivity index (χ0n) is 17.4. The van der Waals surface area contributed by atoms with Crippen molar-refractivity contribution in [1.82, 2.24) is 4.57 Å². The average molecular weight is 463 g/mol. The summed E-state index contributed by atoms with van der Waals surface area (Å²) in [5.41, 5.74) is 1.10. The molecular formula is C24H18FN3O4S. The van der Waals surface area contributed by atoms with Gasteiger partial charge in [0, 0.05) is 5.39 Å². The van der Waals surface area contributed by atoms with E-state index in [0.29, 0.717) is 16.5 Å². The van der Waals surface area contributed by atoms with E-state index < -0.39 is 21.4 Å². The molecule has 0 fully saturated rings. The van der Waals surface area contributed by atoms with Gasteiger partial charge in [0.2, 0.25) is 0 Å². The molecule has 3 aromatic carbocycles. The third-order valence-electron chi connectivity index (χ3n) is 5.65. The number of benzene rings is 3. The lowest BCUT2D eigenvalue weighted by molar-refractivity contribution is 0.478. The SMILES string of the molecule is Cc1ccc(F)cc1Cn1c(=O)c(C2=NS(=O)(=O)c3ccccc3N2)c(O)c2ccccc21. The van der Waals surface area contributed by atoms with E-state index in [0.717, 1.165) is 5.56 Å². The number of halogens is 1. The number of anilines is 1. The summed E-state index contributed by atoms with van der Waals surface area (Å²) in [5, 5.41) is 14.2. The fraction of sp³-hybridized carbons (Fsp3) is 0.0833. The van der Waals surface area contributed by atoms with Crippen molar-refractivity contribution >= 4 is 32.4 Å². The Balaban J connectivity index is 1.78. The van der Waals surface area contributed by atoms with Gasteiger partial charge in [-0.25, -0.2) is 4.39 Å². The number of aromatic nitrogens is 1. The summed E-state index contributed by atoms with van der Waals surface area (Å²) in [4.78, 5) is 13.6. The first-order chi connectivity index (χ1) is 15.8. The van der Waals surface area contributed by atoms with E-state index >= 15 is 0 Å². The molecule has 1 aliphatic rings. The first-order valence-corrected chi connectivity index (χ1v) is 11.5. The molecule has 166 valence electrons. The van der Waals surface area contributed by atoms with E-state index in [4.69, 9.17) is 0 Å². The van der Waals surface area contributed by atoms with Crippen molar-refractivity contribution in [3.63, 3.8) is 0 Å². The van der Waals surface area contributed by atoms with Crippen LogP contribution in [0.4, 0.5) is 10.1 Å². The van der Waals surface area contributed by atoms with Gasteiger partial charge >= 0.3 is 0 Å². The van der Waals surface area contributed by atoms with Crippen LogP contribution >= 0.6 is 0 Å². The number of nitrogens with zero attached hydrogens (tertiary/aromatic N) is 2. The second-order valence-corrected chi connectivity index (χ2v) is 9.31. The summed E-state index contributed by atoms with van der Waals surface area (Å²) in [6.07, 6.45) is 0. The second-order valence-electron chi connectivity index (χ2n) is 7.74. The highest BCUT2D eigenvalue weighted by atomic mass is 32.2. The molecule has 0 aliphatic carbocycles. The van der Waals surface area contributed by atoms with Crippen molar-refractivity contribution in [3.8, 4) is 5.75 Å². The zero-order chi connectivity index (χ0) is 23.3. The molecule has 0 amide bonds. The van der Waals surface area contributed by atoms with Crippen LogP contribution in [-0.2, 0) is 16.6 Å². The van der Waals surface area contributed by atoms with E-state index in [-0.39, 0.29) is 34.3 Å². The molecule has 1 aromatic heterocycles. The Morgan fingerprint density at radius 2 is 1.79 bits per heavy atom. The quantitative estimate of drug-likeness (QED) is 0.482. The van der Waals surface area contributed by atoms with Crippen molar-refractivity contribution in [2.24, 2.45) is 4.40 Å². The minimum Gasteiger partial charge on any atom is -0.506 e. The maximum Gasteiger partial charge on any atom is 0.286 e. The summed E-state index contributed by atoms with van der Waals surface area (Å²) in [6.45, 7) is 1.83. The summed E-state index contributed by atoms with van der Waals surface area (Å²) in [7, 11) is -4.09. The molecule has 0 saturated heterocycles. The maximum atomic E-state index is 13.9. The molecule has 5 rings (SSSR count). The number of nitrogens with one attached hydrogen (secondary N) is 1. The highest BCUT2D eigenvalue weighted by molar-refractivity contribution is 7.90. The van der Waals surface area contributed by atoms with Gasteiger partial charge in [-0.05, 0) is 54.4 Å². The fourth-order valence-corrected chi connectivity index (χ4v) is 5.09. The van der Waals surface area contributed by atoms with Gasteiger partial charge in [-0.2, -0.15) is 8.42 Å². The Labute approximate surface area is 188 Å². The number of aryl methyl sites for hydroxylation is 1. The first kappa shape index (κ1) is 20.9. The number of aromatic hydroxyl groups is 1. The molecular weight excluding hydrogens is 445 g/mol. The molecule has 0 atom stereocenters. The van der Waals surface area contributed by atoms with E-state index in [9.17, 15) is 22.7 Å². The summed E-state index contributed by atoms with van der Waals surface area (Å²) >= 11 is 0. The van der Waals surface area contributed by atoms with E-state index in [1.165, 1.54) is 22.8 Å². The molecule has 2 N–H and O–H groups in total. The summed E-state index contributed by atoms with van der Waals surface area (Å²) in [5.74, 6) is -1.09. The lowest BCUT2D eigenvalue weighted by Crippen LogP contribution is -2.33. The largest absolute Gasteiger partial charge is 0.506 e. The van der Waals surface area contributed by atoms with Crippen LogP contribution in [0, 0.1) is 12.7 Å². The molecule has 4 aromatic rings. The number of fused-ring (bicyclic) bond motifs is 2. The average Bonchev–Trinajstić information content (AvgIpc) is 2.78. The Morgan fingerprint density at radius 1 is 1.06 bits per heavy atom. The molecule has 1 aliphatic heterocycles. The van der Waals surface area contributed by atoms with Gasteiger partial charge in [0.25, 0.3) is 15.6 Å². The van der Waals surface area contributed by atoms with Crippen LogP contribution in [-0.4, -0.2) is 23.9 Å². The standard InChI is InChI=1S/C24H18FN3O4S/c1-14-10-11-16(25)12-15(14)13-28-19-8-4-2-6-17(19)22(29)21(24(28)30)23-26-18-7-3-5-9-20(18)33(31,32)27-23/h2-12,29H,13H2,1H3,(H,26,27). The Morgan fingerprint density at radius 3 is 2.61 bits per heavy atom. The van der Waals surface area contributed by atoms with Crippen LogP contribution in [0.25, 0.3) is 10.9 Å². The number of pyridine rings is 1. The molecule has 0 spiro atoms. The van der Waals surface area contributed by atoms with Crippen molar-refractivity contribution < 1.29 is 17.9 Å². The van der Waals surface area contributed by atoms with Gasteiger partial charge in [0.15, 0.2) is 5.84 Å². The van der Waals surface area contributed by atoms with E-state index in [1.54, 1.807) is 55.5 Å². The normalized spacial score (nSPS) is 14.4. The monoisotopic (exact) mass is 463 g/mol. The van der Waals surface area contributed by atoms with Gasteiger partial charge in [-0.15, -0.1) is 4.40 Å². The number of para-hydroxylation sites is 2. The lowest BCUT2D eigenvalue weighted by Gasteiger charge is -2.21. The topological polar surface area (TPSA) is 101 Å². The van der Waals surface area contributed by atoms with Gasteiger partial charge in [-0.3, -0.25) is 4.79 Å². The minimum absolute atomic E-state index is 0.0207. The highest BCUT2D eigenvalue weighted by Gasteiger charge is 2.29. The molecule has 7 nitrogen and oxygen atoms in total. The smallest absolute Gasteiger partial charge is 0.286 e. The van der Waals surface area contributed by atoms with Gasteiger partial charge in [-0.1, -0.05) is 30.3 Å². The zero-order valence-corrected chi connectivity index (χ0v) is 18.2. The van der Waals surface area contributed by atoms with Gasteiger partial charge in [0.05, 0.1) is 17.7 Å². The number of amidine groups is 1. The predicted octanol–water partition coefficient (Wildman–Crippen LogP) is 3.76. The summed E-state index contributed by atoms with van der Waals surface area (Å²) in [6, 6.07) is 17.2. The van der Waals surface area contributed by atoms with Crippen molar-refractivity contribution in [2.45, 2.75) is 18.4 Å². The molecule has 9 heteroatoms. The van der Waals surface area contributed by atoms with Crippen LogP contribution in [0.15, 0.2) is 80.8 Å². The third kappa shape index (κ3) is 3.46. The van der Waals surface area contributed by atoms with Gasteiger partial charge < -0.3 is 15.0 Å².